The maximum atomic E-state index is 5.09. The van der Waals surface area contributed by atoms with E-state index in [1.54, 1.807) is 18.4 Å². The Labute approximate surface area is 125 Å². The highest BCUT2D eigenvalue weighted by Gasteiger charge is 2.20. The molecule has 2 heterocycles. The molecule has 0 spiro atoms. The highest BCUT2D eigenvalue weighted by atomic mass is 32.1. The minimum absolute atomic E-state index is 0.475. The summed E-state index contributed by atoms with van der Waals surface area (Å²) >= 11 is 1.74. The van der Waals surface area contributed by atoms with Gasteiger partial charge in [0.25, 0.3) is 0 Å². The van der Waals surface area contributed by atoms with Gasteiger partial charge in [0.1, 0.15) is 5.01 Å². The molecule has 0 saturated carbocycles. The van der Waals surface area contributed by atoms with E-state index in [2.05, 4.69) is 33.8 Å². The third-order valence-corrected chi connectivity index (χ3v) is 4.92. The van der Waals surface area contributed by atoms with Gasteiger partial charge in [0.15, 0.2) is 0 Å². The van der Waals surface area contributed by atoms with Crippen molar-refractivity contribution in [2.45, 2.75) is 32.6 Å². The van der Waals surface area contributed by atoms with Crippen LogP contribution in [0, 0.1) is 0 Å². The van der Waals surface area contributed by atoms with Crippen molar-refractivity contribution < 1.29 is 4.74 Å². The molecule has 1 aromatic rings. The lowest BCUT2D eigenvalue weighted by molar-refractivity contribution is 0.182. The quantitative estimate of drug-likeness (QED) is 0.722. The summed E-state index contributed by atoms with van der Waals surface area (Å²) in [6, 6.07) is 0. The molecular formula is C14H26N4OS. The molecule has 2 rings (SSSR count). The Morgan fingerprint density at radius 2 is 1.90 bits per heavy atom. The molecule has 1 aliphatic rings. The highest BCUT2D eigenvalue weighted by molar-refractivity contribution is 7.15. The molecule has 0 amide bonds. The lowest BCUT2D eigenvalue weighted by Crippen LogP contribution is -2.46. The van der Waals surface area contributed by atoms with Crippen molar-refractivity contribution in [3.05, 3.63) is 5.01 Å². The molecule has 1 fully saturated rings. The topological polar surface area (TPSA) is 41.5 Å². The average Bonchev–Trinajstić information content (AvgIpc) is 2.94. The van der Waals surface area contributed by atoms with Gasteiger partial charge >= 0.3 is 0 Å². The van der Waals surface area contributed by atoms with E-state index in [9.17, 15) is 0 Å². The molecule has 0 aromatic carbocycles. The van der Waals surface area contributed by atoms with E-state index in [-0.39, 0.29) is 0 Å². The van der Waals surface area contributed by atoms with Gasteiger partial charge in [0.05, 0.1) is 0 Å². The molecule has 114 valence electrons. The van der Waals surface area contributed by atoms with E-state index < -0.39 is 0 Å². The predicted octanol–water partition coefficient (Wildman–Crippen LogP) is 2.21. The number of ether oxygens (including phenoxy) is 1. The third-order valence-electron chi connectivity index (χ3n) is 3.64. The number of methoxy groups -OCH3 is 1. The Bertz CT molecular complexity index is 388. The summed E-state index contributed by atoms with van der Waals surface area (Å²) in [5.41, 5.74) is 0. The van der Waals surface area contributed by atoms with Crippen LogP contribution in [0.1, 0.15) is 37.6 Å². The van der Waals surface area contributed by atoms with Gasteiger partial charge in [-0.15, -0.1) is 10.2 Å². The fourth-order valence-corrected chi connectivity index (χ4v) is 3.23. The lowest BCUT2D eigenvalue weighted by atomic mass is 10.2. The first-order valence-corrected chi connectivity index (χ1v) is 8.32. The number of nitrogens with zero attached hydrogens (tertiary/aromatic N) is 4. The summed E-state index contributed by atoms with van der Waals surface area (Å²) in [6.45, 7) is 10.8. The Morgan fingerprint density at radius 3 is 2.50 bits per heavy atom. The molecule has 5 nitrogen and oxygen atoms in total. The van der Waals surface area contributed by atoms with Gasteiger partial charge < -0.3 is 9.64 Å². The van der Waals surface area contributed by atoms with E-state index in [4.69, 9.17) is 4.74 Å². The molecule has 1 saturated heterocycles. The van der Waals surface area contributed by atoms with Crippen LogP contribution in [0.15, 0.2) is 0 Å². The molecule has 0 N–H and O–H groups in total. The molecule has 0 bridgehead atoms. The van der Waals surface area contributed by atoms with Crippen molar-refractivity contribution in [1.82, 2.24) is 15.1 Å². The summed E-state index contributed by atoms with van der Waals surface area (Å²) in [5, 5.41) is 10.8. The molecule has 0 atom stereocenters. The molecule has 6 heteroatoms. The first-order chi connectivity index (χ1) is 9.70. The van der Waals surface area contributed by atoms with Crippen molar-refractivity contribution in [2.24, 2.45) is 0 Å². The fourth-order valence-electron chi connectivity index (χ4n) is 2.33. The number of anilines is 1. The van der Waals surface area contributed by atoms with Gasteiger partial charge in [-0.1, -0.05) is 25.2 Å². The van der Waals surface area contributed by atoms with Crippen molar-refractivity contribution in [2.75, 3.05) is 51.3 Å². The summed E-state index contributed by atoms with van der Waals surface area (Å²) in [7, 11) is 1.77. The maximum Gasteiger partial charge on any atom is 0.208 e. The second-order valence-corrected chi connectivity index (χ2v) is 6.59. The van der Waals surface area contributed by atoms with Crippen LogP contribution in [0.3, 0.4) is 0 Å². The van der Waals surface area contributed by atoms with Gasteiger partial charge in [-0.3, -0.25) is 4.90 Å². The minimum atomic E-state index is 0.475. The number of rotatable bonds is 7. The van der Waals surface area contributed by atoms with Crippen LogP contribution in [0.5, 0.6) is 0 Å². The zero-order valence-electron chi connectivity index (χ0n) is 12.8. The van der Waals surface area contributed by atoms with E-state index >= 15 is 0 Å². The van der Waals surface area contributed by atoms with Gasteiger partial charge in [-0.2, -0.15) is 0 Å². The molecular weight excluding hydrogens is 272 g/mol. The minimum Gasteiger partial charge on any atom is -0.385 e. The van der Waals surface area contributed by atoms with Gasteiger partial charge in [0.2, 0.25) is 5.13 Å². The number of hydrogen-bond donors (Lipinski definition) is 0. The van der Waals surface area contributed by atoms with Crippen molar-refractivity contribution in [3.63, 3.8) is 0 Å². The van der Waals surface area contributed by atoms with Crippen LogP contribution in [0.25, 0.3) is 0 Å². The van der Waals surface area contributed by atoms with E-state index in [0.717, 1.165) is 49.3 Å². The molecule has 1 aliphatic heterocycles. The van der Waals surface area contributed by atoms with Crippen LogP contribution < -0.4 is 4.90 Å². The molecule has 1 aromatic heterocycles. The Kier molecular flexibility index (Phi) is 6.19. The summed E-state index contributed by atoms with van der Waals surface area (Å²) in [6.07, 6.45) is 2.38. The summed E-state index contributed by atoms with van der Waals surface area (Å²) in [5.74, 6) is 0.475. The lowest BCUT2D eigenvalue weighted by Gasteiger charge is -2.34. The molecule has 0 unspecified atom stereocenters. The maximum absolute atomic E-state index is 5.09. The third kappa shape index (κ3) is 4.40. The number of hydrogen-bond acceptors (Lipinski definition) is 6. The van der Waals surface area contributed by atoms with Gasteiger partial charge in [-0.05, 0) is 19.4 Å². The first-order valence-electron chi connectivity index (χ1n) is 7.50. The van der Waals surface area contributed by atoms with Crippen LogP contribution in [-0.2, 0) is 4.74 Å². The normalized spacial score (nSPS) is 17.1. The van der Waals surface area contributed by atoms with Crippen molar-refractivity contribution in [3.8, 4) is 0 Å². The predicted molar refractivity (Wildman–Crippen MR) is 83.8 cm³/mol. The Balaban J connectivity index is 1.73. The summed E-state index contributed by atoms with van der Waals surface area (Å²) in [4.78, 5) is 4.91. The smallest absolute Gasteiger partial charge is 0.208 e. The van der Waals surface area contributed by atoms with Gasteiger partial charge in [-0.25, -0.2) is 0 Å². The fraction of sp³-hybridized carbons (Fsp3) is 0.857. The zero-order chi connectivity index (χ0) is 14.4. The van der Waals surface area contributed by atoms with E-state index in [1.807, 2.05) is 0 Å². The standard InChI is InChI=1S/C14H26N4OS/c1-12(2)13-15-16-14(20-13)18-9-7-17(8-10-18)6-4-5-11-19-3/h12H,4-11H2,1-3H3. The van der Waals surface area contributed by atoms with Crippen LogP contribution in [-0.4, -0.2) is 61.5 Å². The number of piperazine rings is 1. The van der Waals surface area contributed by atoms with Crippen LogP contribution >= 0.6 is 11.3 Å². The largest absolute Gasteiger partial charge is 0.385 e. The Morgan fingerprint density at radius 1 is 1.15 bits per heavy atom. The number of aromatic nitrogens is 2. The van der Waals surface area contributed by atoms with Crippen molar-refractivity contribution in [1.29, 1.82) is 0 Å². The SMILES string of the molecule is COCCCCN1CCN(c2nnc(C(C)C)s2)CC1. The van der Waals surface area contributed by atoms with Gasteiger partial charge in [0, 0.05) is 45.8 Å². The highest BCUT2D eigenvalue weighted by Crippen LogP contribution is 2.26. The second kappa shape index (κ2) is 7.90. The zero-order valence-corrected chi connectivity index (χ0v) is 13.7. The van der Waals surface area contributed by atoms with Crippen LogP contribution in [0.4, 0.5) is 5.13 Å². The monoisotopic (exact) mass is 298 g/mol. The summed E-state index contributed by atoms with van der Waals surface area (Å²) < 4.78 is 5.09. The van der Waals surface area contributed by atoms with Crippen molar-refractivity contribution >= 4 is 16.5 Å². The van der Waals surface area contributed by atoms with E-state index in [0.29, 0.717) is 5.92 Å². The molecule has 0 radical (unpaired) electrons. The molecule has 0 aliphatic carbocycles. The molecule has 20 heavy (non-hydrogen) atoms. The Hall–Kier alpha value is -0.720. The second-order valence-electron chi connectivity index (χ2n) is 5.61. The number of unbranched alkanes of at least 4 members (excludes halogenated alkanes) is 1. The first kappa shape index (κ1) is 15.7. The van der Waals surface area contributed by atoms with Crippen LogP contribution in [0.2, 0.25) is 0 Å². The average molecular weight is 298 g/mol. The van der Waals surface area contributed by atoms with E-state index in [1.165, 1.54) is 13.0 Å².